The lowest BCUT2D eigenvalue weighted by molar-refractivity contribution is -0.129. The Hall–Kier alpha value is -0.780. The zero-order valence-electron chi connectivity index (χ0n) is 11.1. The van der Waals surface area contributed by atoms with Crippen LogP contribution in [0, 0.1) is 0 Å². The second kappa shape index (κ2) is 5.92. The van der Waals surface area contributed by atoms with Gasteiger partial charge in [0, 0.05) is 18.1 Å². The number of amides is 1. The van der Waals surface area contributed by atoms with E-state index in [1.165, 1.54) is 0 Å². The molecule has 1 amide bonds. The summed E-state index contributed by atoms with van der Waals surface area (Å²) in [6.45, 7) is 3.77. The zero-order chi connectivity index (χ0) is 14.1. The van der Waals surface area contributed by atoms with Gasteiger partial charge in [-0.2, -0.15) is 0 Å². The van der Waals surface area contributed by atoms with Gasteiger partial charge in [-0.15, -0.1) is 11.3 Å². The molecule has 1 fully saturated rings. The van der Waals surface area contributed by atoms with Crippen molar-refractivity contribution in [2.75, 3.05) is 13.1 Å². The Kier molecular flexibility index (Phi) is 4.19. The molecule has 0 unspecified atom stereocenters. The highest BCUT2D eigenvalue weighted by atomic mass is 35.5. The van der Waals surface area contributed by atoms with Crippen LogP contribution in [0.25, 0.3) is 10.2 Å². The summed E-state index contributed by atoms with van der Waals surface area (Å²) in [4.78, 5) is 18.8. The molecule has 20 heavy (non-hydrogen) atoms. The number of thioether (sulfide) groups is 1. The summed E-state index contributed by atoms with van der Waals surface area (Å²) in [6.07, 6.45) is 2.26. The van der Waals surface area contributed by atoms with E-state index in [0.717, 1.165) is 40.5 Å². The van der Waals surface area contributed by atoms with Crippen molar-refractivity contribution in [3.05, 3.63) is 23.2 Å². The van der Waals surface area contributed by atoms with Crippen LogP contribution in [0.1, 0.15) is 19.8 Å². The second-order valence-electron chi connectivity index (χ2n) is 4.88. The maximum Gasteiger partial charge on any atom is 0.235 e. The molecule has 2 aromatic rings. The third kappa shape index (κ3) is 2.95. The van der Waals surface area contributed by atoms with Crippen LogP contribution in [0.15, 0.2) is 22.5 Å². The predicted molar refractivity (Wildman–Crippen MR) is 85.8 cm³/mol. The molecule has 106 valence electrons. The first-order valence-electron chi connectivity index (χ1n) is 6.65. The Balaban J connectivity index is 1.73. The molecule has 0 bridgehead atoms. The van der Waals surface area contributed by atoms with E-state index < -0.39 is 0 Å². The largest absolute Gasteiger partial charge is 0.342 e. The van der Waals surface area contributed by atoms with Gasteiger partial charge in [0.2, 0.25) is 5.91 Å². The summed E-state index contributed by atoms with van der Waals surface area (Å²) in [5.41, 5.74) is 0.908. The maximum atomic E-state index is 12.3. The molecule has 3 rings (SSSR count). The number of halogens is 1. The Morgan fingerprint density at radius 2 is 2.20 bits per heavy atom. The number of carbonyl (C=O) groups is 1. The number of carbonyl (C=O) groups excluding carboxylic acids is 1. The maximum absolute atomic E-state index is 12.3. The van der Waals surface area contributed by atoms with Gasteiger partial charge in [-0.05, 0) is 38.0 Å². The first kappa shape index (κ1) is 14.2. The highest BCUT2D eigenvalue weighted by molar-refractivity contribution is 8.02. The minimum atomic E-state index is -0.0795. The number of hydrogen-bond donors (Lipinski definition) is 0. The molecule has 0 radical (unpaired) electrons. The molecule has 1 aromatic heterocycles. The topological polar surface area (TPSA) is 33.2 Å². The number of benzene rings is 1. The average molecular weight is 327 g/mol. The lowest BCUT2D eigenvalue weighted by Crippen LogP contribution is -2.33. The summed E-state index contributed by atoms with van der Waals surface area (Å²) in [6, 6.07) is 5.71. The third-order valence-corrected chi connectivity index (χ3v) is 5.83. The predicted octanol–water partition coefficient (Wildman–Crippen LogP) is 4.05. The van der Waals surface area contributed by atoms with Gasteiger partial charge in [-0.25, -0.2) is 4.98 Å². The lowest BCUT2D eigenvalue weighted by atomic mass is 10.3. The molecule has 6 heteroatoms. The number of thiazole rings is 1. The van der Waals surface area contributed by atoms with Crippen molar-refractivity contribution in [1.29, 1.82) is 0 Å². The summed E-state index contributed by atoms with van der Waals surface area (Å²) in [7, 11) is 0. The van der Waals surface area contributed by atoms with Crippen LogP contribution < -0.4 is 0 Å². The number of aromatic nitrogens is 1. The van der Waals surface area contributed by atoms with E-state index in [4.69, 9.17) is 11.6 Å². The van der Waals surface area contributed by atoms with Crippen molar-refractivity contribution < 1.29 is 4.79 Å². The fourth-order valence-corrected chi connectivity index (χ4v) is 4.77. The molecule has 1 aliphatic heterocycles. The quantitative estimate of drug-likeness (QED) is 0.798. The summed E-state index contributed by atoms with van der Waals surface area (Å²) >= 11 is 9.13. The van der Waals surface area contributed by atoms with E-state index in [0.29, 0.717) is 5.02 Å². The summed E-state index contributed by atoms with van der Waals surface area (Å²) in [5, 5.41) is 0.615. The van der Waals surface area contributed by atoms with Gasteiger partial charge in [0.25, 0.3) is 0 Å². The molecule has 0 N–H and O–H groups in total. The van der Waals surface area contributed by atoms with Crippen LogP contribution in [0.3, 0.4) is 0 Å². The lowest BCUT2D eigenvalue weighted by Gasteiger charge is -2.18. The van der Waals surface area contributed by atoms with Crippen molar-refractivity contribution in [2.45, 2.75) is 29.4 Å². The number of rotatable bonds is 3. The third-order valence-electron chi connectivity index (χ3n) is 3.37. The first-order chi connectivity index (χ1) is 9.63. The van der Waals surface area contributed by atoms with Crippen LogP contribution in [0.5, 0.6) is 0 Å². The van der Waals surface area contributed by atoms with Gasteiger partial charge in [-0.1, -0.05) is 23.4 Å². The zero-order valence-corrected chi connectivity index (χ0v) is 13.5. The number of hydrogen-bond acceptors (Lipinski definition) is 4. The van der Waals surface area contributed by atoms with E-state index >= 15 is 0 Å². The van der Waals surface area contributed by atoms with Crippen LogP contribution in [0.2, 0.25) is 5.02 Å². The monoisotopic (exact) mass is 326 g/mol. The Morgan fingerprint density at radius 1 is 1.45 bits per heavy atom. The highest BCUT2D eigenvalue weighted by Crippen LogP contribution is 2.33. The number of fused-ring (bicyclic) bond motifs is 1. The SMILES string of the molecule is C[C@@H](Sc1nc2cc(Cl)ccc2s1)C(=O)N1CCCC1. The van der Waals surface area contributed by atoms with Gasteiger partial charge in [0.15, 0.2) is 4.34 Å². The van der Waals surface area contributed by atoms with Crippen LogP contribution in [0.4, 0.5) is 0 Å². The van der Waals surface area contributed by atoms with Gasteiger partial charge < -0.3 is 4.90 Å². The molecule has 1 aromatic carbocycles. The molecule has 0 saturated carbocycles. The van der Waals surface area contributed by atoms with Crippen molar-refractivity contribution >= 4 is 50.8 Å². The molecule has 1 aliphatic rings. The molecular weight excluding hydrogens is 312 g/mol. The van der Waals surface area contributed by atoms with E-state index in [1.54, 1.807) is 23.1 Å². The van der Waals surface area contributed by atoms with Gasteiger partial charge in [0.05, 0.1) is 15.5 Å². The fourth-order valence-electron chi connectivity index (χ4n) is 2.33. The summed E-state index contributed by atoms with van der Waals surface area (Å²) < 4.78 is 2.04. The molecule has 1 saturated heterocycles. The Bertz CT molecular complexity index is 637. The van der Waals surface area contributed by atoms with Gasteiger partial charge in [-0.3, -0.25) is 4.79 Å². The van der Waals surface area contributed by atoms with E-state index in [1.807, 2.05) is 30.0 Å². The highest BCUT2D eigenvalue weighted by Gasteiger charge is 2.24. The molecule has 0 aliphatic carbocycles. The van der Waals surface area contributed by atoms with E-state index in [-0.39, 0.29) is 11.2 Å². The van der Waals surface area contributed by atoms with Crippen molar-refractivity contribution in [3.63, 3.8) is 0 Å². The van der Waals surface area contributed by atoms with Crippen molar-refractivity contribution in [1.82, 2.24) is 9.88 Å². The molecule has 2 heterocycles. The van der Waals surface area contributed by atoms with Gasteiger partial charge in [0.1, 0.15) is 0 Å². The fraction of sp³-hybridized carbons (Fsp3) is 0.429. The average Bonchev–Trinajstić information content (AvgIpc) is 3.05. The van der Waals surface area contributed by atoms with Gasteiger partial charge >= 0.3 is 0 Å². The molecular formula is C14H15ClN2OS2. The Labute approximate surface area is 131 Å². The number of likely N-dealkylation sites (tertiary alicyclic amines) is 1. The van der Waals surface area contributed by atoms with E-state index in [2.05, 4.69) is 4.98 Å². The first-order valence-corrected chi connectivity index (χ1v) is 8.72. The van der Waals surface area contributed by atoms with Crippen LogP contribution in [-0.2, 0) is 4.79 Å². The van der Waals surface area contributed by atoms with Crippen LogP contribution in [-0.4, -0.2) is 34.1 Å². The molecule has 0 spiro atoms. The normalized spacial score (nSPS) is 16.8. The number of nitrogens with zero attached hydrogens (tertiary/aromatic N) is 2. The van der Waals surface area contributed by atoms with E-state index in [9.17, 15) is 4.79 Å². The minimum Gasteiger partial charge on any atom is -0.342 e. The Morgan fingerprint density at radius 3 is 2.95 bits per heavy atom. The molecule has 3 nitrogen and oxygen atoms in total. The standard InChI is InChI=1S/C14H15ClN2OS2/c1-9(13(18)17-6-2-3-7-17)19-14-16-11-8-10(15)4-5-12(11)20-14/h4-5,8-9H,2-3,6-7H2,1H3/t9-/m1/s1. The molecule has 1 atom stereocenters. The van der Waals surface area contributed by atoms with Crippen LogP contribution >= 0.6 is 34.7 Å². The smallest absolute Gasteiger partial charge is 0.235 e. The summed E-state index contributed by atoms with van der Waals surface area (Å²) in [5.74, 6) is 0.227. The minimum absolute atomic E-state index is 0.0795. The van der Waals surface area contributed by atoms with Crippen molar-refractivity contribution in [3.8, 4) is 0 Å². The van der Waals surface area contributed by atoms with Crippen molar-refractivity contribution in [2.24, 2.45) is 0 Å². The second-order valence-corrected chi connectivity index (χ2v) is 7.94.